The molecule has 0 rings (SSSR count). The van der Waals surface area contributed by atoms with Gasteiger partial charge in [-0.25, -0.2) is 0 Å². The lowest BCUT2D eigenvalue weighted by Gasteiger charge is -2.30. The van der Waals surface area contributed by atoms with Crippen molar-refractivity contribution in [2.75, 3.05) is 40.9 Å². The lowest BCUT2D eigenvalue weighted by molar-refractivity contribution is -0.870. The second kappa shape index (κ2) is 47.1. The van der Waals surface area contributed by atoms with Crippen LogP contribution < -0.4 is 10.2 Å². The van der Waals surface area contributed by atoms with Gasteiger partial charge >= 0.3 is 0 Å². The molecule has 0 saturated carbocycles. The number of likely N-dealkylation sites (N-methyl/N-ethyl adjacent to an activating group) is 1. The molecule has 9 heteroatoms. The third-order valence-corrected chi connectivity index (χ3v) is 13.7. The van der Waals surface area contributed by atoms with Gasteiger partial charge in [0.2, 0.25) is 5.91 Å². The van der Waals surface area contributed by atoms with Crippen LogP contribution in [0.5, 0.6) is 0 Å². The highest BCUT2D eigenvalue weighted by Gasteiger charge is 2.24. The first-order valence-electron chi connectivity index (χ1n) is 27.7. The zero-order chi connectivity index (χ0) is 47.1. The monoisotopic (exact) mass is 925 g/mol. The number of phosphoric ester groups is 1. The first kappa shape index (κ1) is 63.0. The van der Waals surface area contributed by atoms with Crippen LogP contribution >= 0.6 is 7.82 Å². The van der Waals surface area contributed by atoms with Crippen LogP contribution in [0, 0.1) is 0 Å². The van der Waals surface area contributed by atoms with Gasteiger partial charge in [-0.3, -0.25) is 9.36 Å². The summed E-state index contributed by atoms with van der Waals surface area (Å²) in [6.07, 6.45) is 57.7. The molecule has 3 unspecified atom stereocenters. The average Bonchev–Trinajstić information content (AvgIpc) is 3.25. The van der Waals surface area contributed by atoms with E-state index in [1.54, 1.807) is 0 Å². The summed E-state index contributed by atoms with van der Waals surface area (Å²) in [6, 6.07) is -0.798. The number of hydrogen-bond donors (Lipinski definition) is 2. The molecule has 0 aromatic rings. The van der Waals surface area contributed by atoms with Crippen LogP contribution in [0.4, 0.5) is 0 Å². The second-order valence-corrected chi connectivity index (χ2v) is 21.7. The van der Waals surface area contributed by atoms with Crippen LogP contribution in [0.2, 0.25) is 0 Å². The van der Waals surface area contributed by atoms with E-state index in [1.807, 2.05) is 21.1 Å². The lowest BCUT2D eigenvalue weighted by Crippen LogP contribution is -2.46. The third kappa shape index (κ3) is 48.9. The Balaban J connectivity index is 4.11. The quantitative estimate of drug-likeness (QED) is 0.0272. The second-order valence-electron chi connectivity index (χ2n) is 20.3. The molecule has 2 N–H and O–H groups in total. The van der Waals surface area contributed by atoms with Crippen molar-refractivity contribution in [2.24, 2.45) is 0 Å². The van der Waals surface area contributed by atoms with Gasteiger partial charge in [0.1, 0.15) is 13.2 Å². The fourth-order valence-electron chi connectivity index (χ4n) is 8.31. The molecule has 0 radical (unpaired) electrons. The Morgan fingerprint density at radius 1 is 0.547 bits per heavy atom. The molecule has 0 aromatic carbocycles. The van der Waals surface area contributed by atoms with Crippen molar-refractivity contribution in [3.8, 4) is 0 Å². The van der Waals surface area contributed by atoms with E-state index in [1.165, 1.54) is 199 Å². The minimum Gasteiger partial charge on any atom is -0.756 e. The summed E-state index contributed by atoms with van der Waals surface area (Å²) in [5.41, 5.74) is 0. The SMILES string of the molecule is CCCCCCC/C=C\C/C=C\CCCCCCCCCCCCCCCCCC(=O)NC(COP(=O)([O-])OCC[N+](C)(C)C)C(O)CCCCCCCCCCCCCCCCC. The normalized spacial score (nSPS) is 14.2. The average molecular weight is 925 g/mol. The van der Waals surface area contributed by atoms with E-state index in [0.29, 0.717) is 23.9 Å². The summed E-state index contributed by atoms with van der Waals surface area (Å²) < 4.78 is 23.4. The first-order chi connectivity index (χ1) is 31.0. The summed E-state index contributed by atoms with van der Waals surface area (Å²) >= 11 is 0. The first-order valence-corrected chi connectivity index (χ1v) is 29.1. The van der Waals surface area contributed by atoms with Crippen molar-refractivity contribution in [1.82, 2.24) is 5.32 Å². The van der Waals surface area contributed by atoms with Gasteiger partial charge in [0.25, 0.3) is 7.82 Å². The zero-order valence-corrected chi connectivity index (χ0v) is 44.1. The Hall–Kier alpha value is -1.02. The summed E-state index contributed by atoms with van der Waals surface area (Å²) in [4.78, 5) is 25.5. The summed E-state index contributed by atoms with van der Waals surface area (Å²) in [5, 5.41) is 14.0. The molecular weight excluding hydrogens is 816 g/mol. The molecule has 0 aliphatic carbocycles. The van der Waals surface area contributed by atoms with Gasteiger partial charge in [0.05, 0.1) is 39.9 Å². The van der Waals surface area contributed by atoms with Crippen LogP contribution in [0.1, 0.15) is 271 Å². The number of quaternary nitrogens is 1. The van der Waals surface area contributed by atoms with E-state index in [4.69, 9.17) is 9.05 Å². The number of aliphatic hydroxyl groups excluding tert-OH is 1. The third-order valence-electron chi connectivity index (χ3n) is 12.7. The highest BCUT2D eigenvalue weighted by atomic mass is 31.2. The Bertz CT molecular complexity index is 1090. The largest absolute Gasteiger partial charge is 0.756 e. The highest BCUT2D eigenvalue weighted by Crippen LogP contribution is 2.38. The van der Waals surface area contributed by atoms with E-state index in [0.717, 1.165) is 44.9 Å². The number of hydrogen-bond acceptors (Lipinski definition) is 6. The molecule has 0 aliphatic rings. The van der Waals surface area contributed by atoms with Crippen LogP contribution in [-0.4, -0.2) is 68.5 Å². The number of nitrogens with zero attached hydrogens (tertiary/aromatic N) is 1. The molecule has 64 heavy (non-hydrogen) atoms. The van der Waals surface area contributed by atoms with Gasteiger partial charge in [-0.1, -0.05) is 244 Å². The van der Waals surface area contributed by atoms with Crippen molar-refractivity contribution >= 4 is 13.7 Å². The maximum atomic E-state index is 13.0. The van der Waals surface area contributed by atoms with Gasteiger partial charge in [0.15, 0.2) is 0 Å². The number of rotatable bonds is 51. The molecule has 3 atom stereocenters. The number of carbonyl (C=O) groups is 1. The number of aliphatic hydroxyl groups is 1. The summed E-state index contributed by atoms with van der Waals surface area (Å²) in [6.45, 7) is 4.74. The van der Waals surface area contributed by atoms with Crippen LogP contribution in [0.3, 0.4) is 0 Å². The zero-order valence-electron chi connectivity index (χ0n) is 43.3. The minimum absolute atomic E-state index is 0.0139. The van der Waals surface area contributed by atoms with Crippen LogP contribution in [0.25, 0.3) is 0 Å². The van der Waals surface area contributed by atoms with Gasteiger partial charge in [-0.05, 0) is 44.9 Å². The molecule has 0 heterocycles. The van der Waals surface area contributed by atoms with Gasteiger partial charge < -0.3 is 28.8 Å². The smallest absolute Gasteiger partial charge is 0.268 e. The van der Waals surface area contributed by atoms with Gasteiger partial charge in [-0.15, -0.1) is 0 Å². The Labute approximate surface area is 398 Å². The molecule has 0 aliphatic heterocycles. The maximum Gasteiger partial charge on any atom is 0.268 e. The predicted molar refractivity (Wildman–Crippen MR) is 275 cm³/mol. The van der Waals surface area contributed by atoms with Crippen LogP contribution in [-0.2, 0) is 18.4 Å². The number of amides is 1. The Morgan fingerprint density at radius 3 is 1.30 bits per heavy atom. The van der Waals surface area contributed by atoms with Crippen LogP contribution in [0.15, 0.2) is 24.3 Å². The van der Waals surface area contributed by atoms with Gasteiger partial charge in [0, 0.05) is 6.42 Å². The van der Waals surface area contributed by atoms with E-state index in [-0.39, 0.29) is 19.1 Å². The number of allylic oxidation sites excluding steroid dienone is 4. The number of nitrogens with one attached hydrogen (secondary N) is 1. The van der Waals surface area contributed by atoms with E-state index >= 15 is 0 Å². The molecule has 1 amide bonds. The molecule has 0 fully saturated rings. The van der Waals surface area contributed by atoms with Crippen molar-refractivity contribution in [3.63, 3.8) is 0 Å². The molecule has 0 aromatic heterocycles. The molecule has 0 bridgehead atoms. The number of carbonyl (C=O) groups excluding carboxylic acids is 1. The fourth-order valence-corrected chi connectivity index (χ4v) is 9.03. The van der Waals surface area contributed by atoms with Crippen molar-refractivity contribution in [1.29, 1.82) is 0 Å². The molecule has 8 nitrogen and oxygen atoms in total. The van der Waals surface area contributed by atoms with Crippen molar-refractivity contribution < 1.29 is 32.9 Å². The van der Waals surface area contributed by atoms with Crippen molar-refractivity contribution in [2.45, 2.75) is 283 Å². The van der Waals surface area contributed by atoms with E-state index < -0.39 is 20.0 Å². The number of unbranched alkanes of at least 4 members (excludes halogenated alkanes) is 34. The lowest BCUT2D eigenvalue weighted by atomic mass is 10.0. The predicted octanol–water partition coefficient (Wildman–Crippen LogP) is 15.8. The maximum absolute atomic E-state index is 13.0. The summed E-state index contributed by atoms with van der Waals surface area (Å²) in [5.74, 6) is -0.162. The molecular formula is C55H109N2O6P. The molecule has 0 saturated heterocycles. The van der Waals surface area contributed by atoms with Gasteiger partial charge in [-0.2, -0.15) is 0 Å². The highest BCUT2D eigenvalue weighted by molar-refractivity contribution is 7.45. The fraction of sp³-hybridized carbons (Fsp3) is 0.909. The van der Waals surface area contributed by atoms with E-state index in [2.05, 4.69) is 43.5 Å². The van der Waals surface area contributed by atoms with E-state index in [9.17, 15) is 19.4 Å². The standard InChI is InChI=1S/C55H109N2O6P/c1-6-8-10-12-14-16-18-20-22-23-24-25-26-27-28-29-30-31-32-33-35-37-39-41-43-45-47-49-55(59)56-53(52-63-64(60,61)62-51-50-57(3,4)5)54(58)48-46-44-42-40-38-36-34-21-19-17-15-13-11-9-7-2/h18,20,23-24,53-54,58H,6-17,19,21-22,25-52H2,1-5H3,(H-,56,59,60,61)/b20-18-,24-23-. The minimum atomic E-state index is -4.57. The summed E-state index contributed by atoms with van der Waals surface area (Å²) in [7, 11) is 1.31. The number of phosphoric acid groups is 1. The Kier molecular flexibility index (Phi) is 46.3. The Morgan fingerprint density at radius 2 is 0.906 bits per heavy atom. The molecule has 380 valence electrons. The molecule has 0 spiro atoms. The topological polar surface area (TPSA) is 108 Å². The van der Waals surface area contributed by atoms with Crippen molar-refractivity contribution in [3.05, 3.63) is 24.3 Å².